The highest BCUT2D eigenvalue weighted by atomic mass is 32.1. The Morgan fingerprint density at radius 1 is 0.425 bits per heavy atom. The molecule has 0 saturated carbocycles. The number of thiophene rings is 1. The molecular weight excluding hydrogens is 504 g/mol. The van der Waals surface area contributed by atoms with E-state index in [9.17, 15) is 0 Å². The van der Waals surface area contributed by atoms with Crippen molar-refractivity contribution < 1.29 is 4.42 Å². The maximum absolute atomic E-state index is 6.46. The third kappa shape index (κ3) is 3.03. The Hall–Kier alpha value is -4.92. The predicted octanol–water partition coefficient (Wildman–Crippen LogP) is 11.6. The van der Waals surface area contributed by atoms with Crippen molar-refractivity contribution in [2.45, 2.75) is 0 Å². The third-order valence-electron chi connectivity index (χ3n) is 8.32. The quantitative estimate of drug-likeness (QED) is 0.204. The predicted molar refractivity (Wildman–Crippen MR) is 172 cm³/mol. The minimum absolute atomic E-state index is 0.929. The molecule has 9 rings (SSSR count). The lowest BCUT2D eigenvalue weighted by molar-refractivity contribution is 0.669. The van der Waals surface area contributed by atoms with E-state index in [1.807, 2.05) is 0 Å². The minimum Gasteiger partial charge on any atom is -0.456 e. The first-order valence-electron chi connectivity index (χ1n) is 13.6. The molecule has 0 N–H and O–H groups in total. The second-order valence-electron chi connectivity index (χ2n) is 10.5. The van der Waals surface area contributed by atoms with Gasteiger partial charge in [-0.25, -0.2) is 0 Å². The molecule has 186 valence electrons. The van der Waals surface area contributed by atoms with E-state index < -0.39 is 0 Å². The van der Waals surface area contributed by atoms with Gasteiger partial charge in [0.1, 0.15) is 11.2 Å². The van der Waals surface area contributed by atoms with Gasteiger partial charge in [-0.05, 0) is 78.7 Å². The molecule has 7 aromatic carbocycles. The maximum Gasteiger partial charge on any atom is 0.137 e. The van der Waals surface area contributed by atoms with Gasteiger partial charge in [-0.3, -0.25) is 0 Å². The van der Waals surface area contributed by atoms with Crippen molar-refractivity contribution in [1.82, 2.24) is 0 Å². The van der Waals surface area contributed by atoms with Crippen LogP contribution in [0.5, 0.6) is 0 Å². The first-order chi connectivity index (χ1) is 19.8. The number of hydrogen-bond acceptors (Lipinski definition) is 2. The monoisotopic (exact) mass is 526 g/mol. The molecule has 0 aliphatic heterocycles. The van der Waals surface area contributed by atoms with Crippen molar-refractivity contribution in [2.75, 3.05) is 0 Å². The summed E-state index contributed by atoms with van der Waals surface area (Å²) in [6.45, 7) is 0. The largest absolute Gasteiger partial charge is 0.456 e. The lowest BCUT2D eigenvalue weighted by Gasteiger charge is -2.19. The van der Waals surface area contributed by atoms with E-state index in [-0.39, 0.29) is 0 Å². The number of rotatable bonds is 2. The number of hydrogen-bond donors (Lipinski definition) is 0. The standard InChI is InChI=1S/C38H22OS/c1-2-10-24-21-25(18-17-23(24)9-1)35-26-11-3-5-13-28(26)36(29-14-6-4-12-27(29)35)38-31-19-20-40-34(31)22-33-37(38)30-15-7-8-16-32(30)39-33/h1-22H. The van der Waals surface area contributed by atoms with Gasteiger partial charge in [0, 0.05) is 26.4 Å². The zero-order chi connectivity index (χ0) is 26.2. The summed E-state index contributed by atoms with van der Waals surface area (Å²) in [5.41, 5.74) is 6.93. The fraction of sp³-hybridized carbons (Fsp3) is 0. The van der Waals surface area contributed by atoms with Crippen LogP contribution in [0.1, 0.15) is 0 Å². The number of para-hydroxylation sites is 1. The van der Waals surface area contributed by atoms with Crippen LogP contribution in [0.25, 0.3) is 86.6 Å². The first kappa shape index (κ1) is 22.0. The molecule has 0 unspecified atom stereocenters. The molecule has 9 aromatic rings. The van der Waals surface area contributed by atoms with Crippen LogP contribution in [0.4, 0.5) is 0 Å². The highest BCUT2D eigenvalue weighted by molar-refractivity contribution is 7.17. The summed E-state index contributed by atoms with van der Waals surface area (Å²) in [5.74, 6) is 0. The second kappa shape index (κ2) is 8.29. The fourth-order valence-corrected chi connectivity index (χ4v) is 7.45. The number of furan rings is 1. The second-order valence-corrected chi connectivity index (χ2v) is 11.4. The molecule has 2 heterocycles. The number of fused-ring (bicyclic) bond motifs is 7. The van der Waals surface area contributed by atoms with Gasteiger partial charge >= 0.3 is 0 Å². The molecular formula is C38H22OS. The summed E-state index contributed by atoms with van der Waals surface area (Å²) in [7, 11) is 0. The maximum atomic E-state index is 6.46. The molecule has 2 heteroatoms. The molecule has 0 saturated heterocycles. The molecule has 1 nitrogen and oxygen atoms in total. The van der Waals surface area contributed by atoms with E-state index in [1.54, 1.807) is 11.3 Å². The summed E-state index contributed by atoms with van der Waals surface area (Å²) in [5, 5.41) is 13.4. The molecule has 0 spiro atoms. The Bertz CT molecular complexity index is 2380. The molecule has 0 aliphatic carbocycles. The zero-order valence-electron chi connectivity index (χ0n) is 21.5. The van der Waals surface area contributed by atoms with E-state index in [1.165, 1.54) is 70.0 Å². The van der Waals surface area contributed by atoms with E-state index in [4.69, 9.17) is 4.42 Å². The molecule has 0 amide bonds. The lowest BCUT2D eigenvalue weighted by Crippen LogP contribution is -1.92. The summed E-state index contributed by atoms with van der Waals surface area (Å²) in [6, 6.07) is 46.2. The minimum atomic E-state index is 0.929. The van der Waals surface area contributed by atoms with E-state index in [0.29, 0.717) is 0 Å². The summed E-state index contributed by atoms with van der Waals surface area (Å²) >= 11 is 1.77. The van der Waals surface area contributed by atoms with E-state index in [0.717, 1.165) is 16.6 Å². The molecule has 0 atom stereocenters. The summed E-state index contributed by atoms with van der Waals surface area (Å²) < 4.78 is 7.70. The van der Waals surface area contributed by atoms with Gasteiger partial charge in [0.15, 0.2) is 0 Å². The Labute approximate surface area is 234 Å². The van der Waals surface area contributed by atoms with Crippen LogP contribution in [0.3, 0.4) is 0 Å². The van der Waals surface area contributed by atoms with Crippen molar-refractivity contribution in [2.24, 2.45) is 0 Å². The molecule has 0 bridgehead atoms. The van der Waals surface area contributed by atoms with E-state index >= 15 is 0 Å². The molecule has 0 radical (unpaired) electrons. The Morgan fingerprint density at radius 3 is 1.80 bits per heavy atom. The van der Waals surface area contributed by atoms with Crippen LogP contribution in [0, 0.1) is 0 Å². The molecule has 0 aliphatic rings. The normalized spacial score (nSPS) is 12.0. The van der Waals surface area contributed by atoms with Gasteiger partial charge in [0.2, 0.25) is 0 Å². The van der Waals surface area contributed by atoms with Crippen LogP contribution in [0.2, 0.25) is 0 Å². The molecule has 40 heavy (non-hydrogen) atoms. The summed E-state index contributed by atoms with van der Waals surface area (Å²) in [6.07, 6.45) is 0. The van der Waals surface area contributed by atoms with Crippen LogP contribution in [0.15, 0.2) is 137 Å². The fourth-order valence-electron chi connectivity index (χ4n) is 6.63. The Balaban J connectivity index is 1.50. The van der Waals surface area contributed by atoms with Gasteiger partial charge in [-0.2, -0.15) is 0 Å². The van der Waals surface area contributed by atoms with Crippen molar-refractivity contribution in [3.8, 4) is 22.3 Å². The van der Waals surface area contributed by atoms with Crippen LogP contribution in [-0.4, -0.2) is 0 Å². The number of benzene rings is 7. The topological polar surface area (TPSA) is 13.1 Å². The zero-order valence-corrected chi connectivity index (χ0v) is 22.3. The highest BCUT2D eigenvalue weighted by Crippen LogP contribution is 2.50. The van der Waals surface area contributed by atoms with Crippen molar-refractivity contribution in [1.29, 1.82) is 0 Å². The van der Waals surface area contributed by atoms with Gasteiger partial charge in [0.25, 0.3) is 0 Å². The SMILES string of the molecule is c1ccc2cc(-c3c4ccccc4c(-c4c5ccsc5cc5oc6ccccc6c45)c4ccccc34)ccc2c1. The van der Waals surface area contributed by atoms with Gasteiger partial charge in [0.05, 0.1) is 0 Å². The van der Waals surface area contributed by atoms with Crippen molar-refractivity contribution in [3.63, 3.8) is 0 Å². The third-order valence-corrected chi connectivity index (χ3v) is 9.18. The van der Waals surface area contributed by atoms with Crippen molar-refractivity contribution >= 4 is 75.7 Å². The molecule has 0 fully saturated rings. The average molecular weight is 527 g/mol. The lowest BCUT2D eigenvalue weighted by atomic mass is 9.83. The van der Waals surface area contributed by atoms with Gasteiger partial charge < -0.3 is 4.42 Å². The van der Waals surface area contributed by atoms with E-state index in [2.05, 4.69) is 133 Å². The van der Waals surface area contributed by atoms with Crippen LogP contribution in [-0.2, 0) is 0 Å². The highest BCUT2D eigenvalue weighted by Gasteiger charge is 2.22. The first-order valence-corrected chi connectivity index (χ1v) is 14.5. The Kier molecular flexibility index (Phi) is 4.55. The Morgan fingerprint density at radius 2 is 1.05 bits per heavy atom. The van der Waals surface area contributed by atoms with Crippen LogP contribution < -0.4 is 0 Å². The van der Waals surface area contributed by atoms with Crippen molar-refractivity contribution in [3.05, 3.63) is 133 Å². The van der Waals surface area contributed by atoms with Crippen LogP contribution >= 0.6 is 11.3 Å². The van der Waals surface area contributed by atoms with Gasteiger partial charge in [-0.1, -0.05) is 103 Å². The average Bonchev–Trinajstić information content (AvgIpc) is 3.63. The molecule has 2 aromatic heterocycles. The summed E-state index contributed by atoms with van der Waals surface area (Å²) in [4.78, 5) is 0. The van der Waals surface area contributed by atoms with Gasteiger partial charge in [-0.15, -0.1) is 11.3 Å². The smallest absolute Gasteiger partial charge is 0.137 e.